The van der Waals surface area contributed by atoms with Crippen LogP contribution in [0.25, 0.3) is 10.1 Å². The molecular formula is C12H12O2S. The van der Waals surface area contributed by atoms with Crippen LogP contribution < -0.4 is 0 Å². The van der Waals surface area contributed by atoms with Gasteiger partial charge in [-0.15, -0.1) is 11.3 Å². The fourth-order valence-electron chi connectivity index (χ4n) is 1.51. The SMILES string of the molecule is COC(C)C(=O)c1cccc2ccsc12. The van der Waals surface area contributed by atoms with Crippen LogP contribution in [0, 0.1) is 0 Å². The van der Waals surface area contributed by atoms with Crippen LogP contribution in [0.2, 0.25) is 0 Å². The Kier molecular flexibility index (Phi) is 2.84. The molecule has 0 amide bonds. The molecule has 0 aliphatic carbocycles. The number of fused-ring (bicyclic) bond motifs is 1. The van der Waals surface area contributed by atoms with Gasteiger partial charge in [-0.1, -0.05) is 12.1 Å². The van der Waals surface area contributed by atoms with Crippen molar-refractivity contribution in [3.8, 4) is 0 Å². The van der Waals surface area contributed by atoms with E-state index in [0.29, 0.717) is 0 Å². The van der Waals surface area contributed by atoms with Gasteiger partial charge in [0.2, 0.25) is 0 Å². The summed E-state index contributed by atoms with van der Waals surface area (Å²) in [6.45, 7) is 1.77. The van der Waals surface area contributed by atoms with E-state index in [-0.39, 0.29) is 11.9 Å². The topological polar surface area (TPSA) is 26.3 Å². The van der Waals surface area contributed by atoms with Gasteiger partial charge in [0.1, 0.15) is 6.10 Å². The van der Waals surface area contributed by atoms with Gasteiger partial charge in [0.25, 0.3) is 0 Å². The Labute approximate surface area is 92.5 Å². The largest absolute Gasteiger partial charge is 0.374 e. The molecule has 15 heavy (non-hydrogen) atoms. The number of ketones is 1. The zero-order valence-electron chi connectivity index (χ0n) is 8.69. The van der Waals surface area contributed by atoms with Gasteiger partial charge >= 0.3 is 0 Å². The van der Waals surface area contributed by atoms with Crippen molar-refractivity contribution < 1.29 is 9.53 Å². The van der Waals surface area contributed by atoms with Gasteiger partial charge in [-0.05, 0) is 29.8 Å². The number of rotatable bonds is 3. The van der Waals surface area contributed by atoms with Crippen LogP contribution in [0.1, 0.15) is 17.3 Å². The third-order valence-corrected chi connectivity index (χ3v) is 3.43. The molecule has 3 heteroatoms. The molecule has 0 spiro atoms. The Bertz CT molecular complexity index is 487. The molecule has 78 valence electrons. The zero-order valence-corrected chi connectivity index (χ0v) is 9.51. The highest BCUT2D eigenvalue weighted by molar-refractivity contribution is 7.17. The van der Waals surface area contributed by atoms with Crippen LogP contribution >= 0.6 is 11.3 Å². The van der Waals surface area contributed by atoms with E-state index in [2.05, 4.69) is 0 Å². The number of ether oxygens (including phenoxy) is 1. The summed E-state index contributed by atoms with van der Waals surface area (Å²) in [4.78, 5) is 12.0. The minimum Gasteiger partial charge on any atom is -0.374 e. The predicted octanol–water partition coefficient (Wildman–Crippen LogP) is 3.12. The molecule has 1 aromatic heterocycles. The summed E-state index contributed by atoms with van der Waals surface area (Å²) in [5.41, 5.74) is 0.761. The van der Waals surface area contributed by atoms with Crippen LogP contribution in [0.15, 0.2) is 29.6 Å². The average Bonchev–Trinajstić information content (AvgIpc) is 2.74. The number of carbonyl (C=O) groups excluding carboxylic acids is 1. The predicted molar refractivity (Wildman–Crippen MR) is 62.6 cm³/mol. The molecular weight excluding hydrogens is 208 g/mol. The van der Waals surface area contributed by atoms with Crippen molar-refractivity contribution in [2.45, 2.75) is 13.0 Å². The molecule has 2 aromatic rings. The van der Waals surface area contributed by atoms with Gasteiger partial charge in [-0.3, -0.25) is 4.79 Å². The van der Waals surface area contributed by atoms with E-state index in [1.807, 2.05) is 29.6 Å². The molecule has 0 N–H and O–H groups in total. The standard InChI is InChI=1S/C12H12O2S/c1-8(14-2)11(13)10-5-3-4-9-6-7-15-12(9)10/h3-8H,1-2H3. The number of methoxy groups -OCH3 is 1. The van der Waals surface area contributed by atoms with Gasteiger partial charge in [0.15, 0.2) is 5.78 Å². The molecule has 0 aliphatic rings. The number of carbonyl (C=O) groups is 1. The van der Waals surface area contributed by atoms with Gasteiger partial charge in [-0.25, -0.2) is 0 Å². The highest BCUT2D eigenvalue weighted by Gasteiger charge is 2.17. The monoisotopic (exact) mass is 220 g/mol. The first-order chi connectivity index (χ1) is 7.24. The summed E-state index contributed by atoms with van der Waals surface area (Å²) < 4.78 is 6.09. The van der Waals surface area contributed by atoms with Gasteiger partial charge in [0, 0.05) is 17.4 Å². The maximum absolute atomic E-state index is 12.0. The summed E-state index contributed by atoms with van der Waals surface area (Å²) in [6.07, 6.45) is -0.377. The molecule has 0 bridgehead atoms. The van der Waals surface area contributed by atoms with Crippen LogP contribution in [-0.4, -0.2) is 19.0 Å². The minimum atomic E-state index is -0.377. The van der Waals surface area contributed by atoms with Crippen molar-refractivity contribution in [1.82, 2.24) is 0 Å². The van der Waals surface area contributed by atoms with Crippen molar-refractivity contribution in [2.75, 3.05) is 7.11 Å². The van der Waals surface area contributed by atoms with Crippen LogP contribution in [0.4, 0.5) is 0 Å². The number of hydrogen-bond acceptors (Lipinski definition) is 3. The normalized spacial score (nSPS) is 12.9. The third-order valence-electron chi connectivity index (χ3n) is 2.47. The second kappa shape index (κ2) is 4.13. The van der Waals surface area contributed by atoms with E-state index in [1.54, 1.807) is 25.4 Å². The maximum atomic E-state index is 12.0. The second-order valence-corrected chi connectivity index (χ2v) is 4.30. The van der Waals surface area contributed by atoms with Gasteiger partial charge < -0.3 is 4.74 Å². The lowest BCUT2D eigenvalue weighted by Gasteiger charge is -2.08. The van der Waals surface area contributed by atoms with Crippen molar-refractivity contribution in [3.63, 3.8) is 0 Å². The highest BCUT2D eigenvalue weighted by Crippen LogP contribution is 2.25. The van der Waals surface area contributed by atoms with Crippen LogP contribution in [0.3, 0.4) is 0 Å². The Balaban J connectivity index is 2.51. The lowest BCUT2D eigenvalue weighted by Crippen LogP contribution is -2.18. The molecule has 2 rings (SSSR count). The van der Waals surface area contributed by atoms with Gasteiger partial charge in [-0.2, -0.15) is 0 Å². The minimum absolute atomic E-state index is 0.0468. The molecule has 0 radical (unpaired) electrons. The first-order valence-electron chi connectivity index (χ1n) is 4.77. The Hall–Kier alpha value is -1.19. The number of benzene rings is 1. The number of Topliss-reactive ketones (excluding diaryl/α,β-unsaturated/α-hetero) is 1. The zero-order chi connectivity index (χ0) is 10.8. The first kappa shape index (κ1) is 10.3. The number of thiophene rings is 1. The molecule has 2 nitrogen and oxygen atoms in total. The molecule has 0 saturated carbocycles. The summed E-state index contributed by atoms with van der Waals surface area (Å²) in [5, 5.41) is 3.12. The highest BCUT2D eigenvalue weighted by atomic mass is 32.1. The second-order valence-electron chi connectivity index (χ2n) is 3.39. The van der Waals surface area contributed by atoms with E-state index in [1.165, 1.54) is 0 Å². The molecule has 0 saturated heterocycles. The first-order valence-corrected chi connectivity index (χ1v) is 5.65. The fourth-order valence-corrected chi connectivity index (χ4v) is 2.43. The summed E-state index contributed by atoms with van der Waals surface area (Å²) >= 11 is 1.59. The molecule has 1 heterocycles. The molecule has 0 fully saturated rings. The Morgan fingerprint density at radius 1 is 1.40 bits per heavy atom. The Morgan fingerprint density at radius 2 is 2.20 bits per heavy atom. The van der Waals surface area contributed by atoms with E-state index in [4.69, 9.17) is 4.74 Å². The average molecular weight is 220 g/mol. The van der Waals surface area contributed by atoms with Gasteiger partial charge in [0.05, 0.1) is 0 Å². The van der Waals surface area contributed by atoms with E-state index in [0.717, 1.165) is 15.6 Å². The van der Waals surface area contributed by atoms with E-state index < -0.39 is 0 Å². The molecule has 0 aliphatic heterocycles. The van der Waals surface area contributed by atoms with Crippen LogP contribution in [0.5, 0.6) is 0 Å². The number of hydrogen-bond donors (Lipinski definition) is 0. The van der Waals surface area contributed by atoms with Crippen molar-refractivity contribution in [3.05, 3.63) is 35.2 Å². The van der Waals surface area contributed by atoms with Crippen molar-refractivity contribution in [1.29, 1.82) is 0 Å². The summed E-state index contributed by atoms with van der Waals surface area (Å²) in [6, 6.07) is 7.80. The lowest BCUT2D eigenvalue weighted by atomic mass is 10.1. The van der Waals surface area contributed by atoms with E-state index >= 15 is 0 Å². The molecule has 1 atom stereocenters. The summed E-state index contributed by atoms with van der Waals surface area (Å²) in [5.74, 6) is 0.0468. The summed E-state index contributed by atoms with van der Waals surface area (Å²) in [7, 11) is 1.55. The quantitative estimate of drug-likeness (QED) is 0.743. The van der Waals surface area contributed by atoms with Crippen molar-refractivity contribution >= 4 is 27.2 Å². The Morgan fingerprint density at radius 3 is 2.93 bits per heavy atom. The smallest absolute Gasteiger partial charge is 0.192 e. The maximum Gasteiger partial charge on any atom is 0.192 e. The molecule has 1 unspecified atom stereocenters. The van der Waals surface area contributed by atoms with Crippen LogP contribution in [-0.2, 0) is 4.74 Å². The third kappa shape index (κ3) is 1.80. The molecule has 1 aromatic carbocycles. The van der Waals surface area contributed by atoms with Crippen molar-refractivity contribution in [2.24, 2.45) is 0 Å². The lowest BCUT2D eigenvalue weighted by molar-refractivity contribution is 0.0657. The fraction of sp³-hybridized carbons (Fsp3) is 0.250. The van der Waals surface area contributed by atoms with E-state index in [9.17, 15) is 4.79 Å².